The number of hydrogen-bond donors (Lipinski definition) is 2. The Labute approximate surface area is 83.3 Å². The second-order valence-electron chi connectivity index (χ2n) is 2.45. The van der Waals surface area contributed by atoms with Gasteiger partial charge in [-0.25, -0.2) is 4.68 Å². The van der Waals surface area contributed by atoms with Gasteiger partial charge < -0.3 is 11.1 Å². The Morgan fingerprint density at radius 3 is 2.92 bits per heavy atom. The molecule has 4 nitrogen and oxygen atoms in total. The number of aromatic nitrogens is 2. The van der Waals surface area contributed by atoms with E-state index in [2.05, 4.69) is 10.4 Å². The standard InChI is InChI=1S/C6H10N4.2ClH/c7-5-4-9-10-3-1-2-8-6(5)10;;/h4,8H,1-3,7H2;2*1H. The van der Waals surface area contributed by atoms with Crippen molar-refractivity contribution >= 4 is 36.3 Å². The molecule has 3 N–H and O–H groups in total. The van der Waals surface area contributed by atoms with Crippen LogP contribution in [0.4, 0.5) is 11.5 Å². The lowest BCUT2D eigenvalue weighted by molar-refractivity contribution is 0.568. The van der Waals surface area contributed by atoms with Crippen LogP contribution in [0.3, 0.4) is 0 Å². The molecule has 70 valence electrons. The molecular weight excluding hydrogens is 199 g/mol. The lowest BCUT2D eigenvalue weighted by Gasteiger charge is -2.15. The van der Waals surface area contributed by atoms with Gasteiger partial charge in [-0.1, -0.05) is 0 Å². The van der Waals surface area contributed by atoms with Crippen LogP contribution >= 0.6 is 24.8 Å². The summed E-state index contributed by atoms with van der Waals surface area (Å²) in [4.78, 5) is 0. The van der Waals surface area contributed by atoms with E-state index in [1.54, 1.807) is 6.20 Å². The van der Waals surface area contributed by atoms with Crippen LogP contribution in [0.2, 0.25) is 0 Å². The maximum Gasteiger partial charge on any atom is 0.147 e. The monoisotopic (exact) mass is 210 g/mol. The van der Waals surface area contributed by atoms with Crippen LogP contribution in [0.5, 0.6) is 0 Å². The number of nitrogens with one attached hydrogen (secondary N) is 1. The number of fused-ring (bicyclic) bond motifs is 1. The summed E-state index contributed by atoms with van der Waals surface area (Å²) in [6, 6.07) is 0. The average Bonchev–Trinajstić information content (AvgIpc) is 2.34. The molecule has 0 unspecified atom stereocenters. The van der Waals surface area contributed by atoms with Gasteiger partial charge in [-0.05, 0) is 6.42 Å². The van der Waals surface area contributed by atoms with Crippen molar-refractivity contribution in [1.29, 1.82) is 0 Å². The molecule has 0 saturated heterocycles. The summed E-state index contributed by atoms with van der Waals surface area (Å²) in [6.45, 7) is 2.00. The average molecular weight is 211 g/mol. The predicted molar refractivity (Wildman–Crippen MR) is 54.2 cm³/mol. The normalized spacial score (nSPS) is 13.3. The first-order valence-electron chi connectivity index (χ1n) is 3.43. The number of aryl methyl sites for hydroxylation is 1. The van der Waals surface area contributed by atoms with Crippen molar-refractivity contribution in [2.24, 2.45) is 0 Å². The summed E-state index contributed by atoms with van der Waals surface area (Å²) in [5.41, 5.74) is 6.37. The molecular formula is C6H12Cl2N4. The number of hydrogen-bond acceptors (Lipinski definition) is 3. The highest BCUT2D eigenvalue weighted by atomic mass is 35.5. The van der Waals surface area contributed by atoms with Crippen molar-refractivity contribution in [2.45, 2.75) is 13.0 Å². The lowest BCUT2D eigenvalue weighted by atomic mass is 10.3. The molecule has 1 aliphatic rings. The molecule has 6 heteroatoms. The minimum absolute atomic E-state index is 0. The summed E-state index contributed by atoms with van der Waals surface area (Å²) >= 11 is 0. The number of rotatable bonds is 0. The molecule has 0 saturated carbocycles. The topological polar surface area (TPSA) is 55.9 Å². The second kappa shape index (κ2) is 4.42. The fraction of sp³-hybridized carbons (Fsp3) is 0.500. The van der Waals surface area contributed by atoms with Gasteiger partial charge in [-0.3, -0.25) is 0 Å². The fourth-order valence-corrected chi connectivity index (χ4v) is 1.20. The number of nitrogens with two attached hydrogens (primary N) is 1. The van der Waals surface area contributed by atoms with Crippen molar-refractivity contribution < 1.29 is 0 Å². The van der Waals surface area contributed by atoms with E-state index < -0.39 is 0 Å². The zero-order valence-electron chi connectivity index (χ0n) is 6.49. The van der Waals surface area contributed by atoms with Gasteiger partial charge in [-0.2, -0.15) is 5.10 Å². The number of nitrogen functional groups attached to an aromatic ring is 1. The molecule has 0 bridgehead atoms. The van der Waals surface area contributed by atoms with E-state index in [0.717, 1.165) is 31.0 Å². The Morgan fingerprint density at radius 2 is 2.25 bits per heavy atom. The van der Waals surface area contributed by atoms with Gasteiger partial charge in [-0.15, -0.1) is 24.8 Å². The van der Waals surface area contributed by atoms with Crippen LogP contribution in [0.1, 0.15) is 6.42 Å². The minimum atomic E-state index is 0. The third-order valence-corrected chi connectivity index (χ3v) is 1.71. The summed E-state index contributed by atoms with van der Waals surface area (Å²) < 4.78 is 1.90. The van der Waals surface area contributed by atoms with Gasteiger partial charge in [0.15, 0.2) is 0 Å². The summed E-state index contributed by atoms with van der Waals surface area (Å²) in [6.07, 6.45) is 2.82. The smallest absolute Gasteiger partial charge is 0.147 e. The molecule has 0 fully saturated rings. The molecule has 2 rings (SSSR count). The molecule has 0 atom stereocenters. The molecule has 0 aliphatic carbocycles. The van der Waals surface area contributed by atoms with Crippen LogP contribution in [-0.4, -0.2) is 16.3 Å². The van der Waals surface area contributed by atoms with Crippen molar-refractivity contribution in [1.82, 2.24) is 9.78 Å². The van der Waals surface area contributed by atoms with Crippen LogP contribution in [0, 0.1) is 0 Å². The minimum Gasteiger partial charge on any atom is -0.394 e. The van der Waals surface area contributed by atoms with E-state index >= 15 is 0 Å². The van der Waals surface area contributed by atoms with Crippen molar-refractivity contribution in [3.63, 3.8) is 0 Å². The summed E-state index contributed by atoms with van der Waals surface area (Å²) in [5.74, 6) is 0.978. The van der Waals surface area contributed by atoms with Gasteiger partial charge in [0, 0.05) is 13.1 Å². The first-order chi connectivity index (χ1) is 4.88. The van der Waals surface area contributed by atoms with Gasteiger partial charge in [0.1, 0.15) is 5.82 Å². The van der Waals surface area contributed by atoms with Gasteiger partial charge >= 0.3 is 0 Å². The Hall–Kier alpha value is -0.610. The van der Waals surface area contributed by atoms with Crippen molar-refractivity contribution in [2.75, 3.05) is 17.6 Å². The highest BCUT2D eigenvalue weighted by molar-refractivity contribution is 5.85. The Morgan fingerprint density at radius 1 is 1.50 bits per heavy atom. The number of anilines is 2. The third-order valence-electron chi connectivity index (χ3n) is 1.71. The third kappa shape index (κ3) is 1.76. The van der Waals surface area contributed by atoms with Crippen LogP contribution in [0.25, 0.3) is 0 Å². The Bertz CT molecular complexity index is 248. The molecule has 1 aliphatic heterocycles. The van der Waals surface area contributed by atoms with E-state index in [9.17, 15) is 0 Å². The molecule has 1 aromatic heterocycles. The number of halogens is 2. The van der Waals surface area contributed by atoms with Crippen molar-refractivity contribution in [3.8, 4) is 0 Å². The lowest BCUT2D eigenvalue weighted by Crippen LogP contribution is -2.18. The Kier molecular flexibility index (Phi) is 4.20. The maximum absolute atomic E-state index is 5.62. The van der Waals surface area contributed by atoms with E-state index in [1.165, 1.54) is 0 Å². The molecule has 12 heavy (non-hydrogen) atoms. The highest BCUT2D eigenvalue weighted by Crippen LogP contribution is 2.20. The molecule has 0 radical (unpaired) electrons. The molecule has 2 heterocycles. The fourth-order valence-electron chi connectivity index (χ4n) is 1.20. The van der Waals surface area contributed by atoms with Gasteiger partial charge in [0.25, 0.3) is 0 Å². The van der Waals surface area contributed by atoms with E-state index in [0.29, 0.717) is 0 Å². The summed E-state index contributed by atoms with van der Waals surface area (Å²) in [7, 11) is 0. The molecule has 0 spiro atoms. The predicted octanol–water partition coefficient (Wildman–Crippen LogP) is 1.12. The SMILES string of the molecule is Cl.Cl.Nc1cnn2c1NCCC2. The summed E-state index contributed by atoms with van der Waals surface area (Å²) in [5, 5.41) is 7.27. The second-order valence-corrected chi connectivity index (χ2v) is 2.45. The van der Waals surface area contributed by atoms with Crippen LogP contribution < -0.4 is 11.1 Å². The van der Waals surface area contributed by atoms with E-state index in [-0.39, 0.29) is 24.8 Å². The van der Waals surface area contributed by atoms with Crippen LogP contribution in [-0.2, 0) is 6.54 Å². The van der Waals surface area contributed by atoms with E-state index in [1.807, 2.05) is 4.68 Å². The molecule has 0 amide bonds. The number of nitrogens with zero attached hydrogens (tertiary/aromatic N) is 2. The molecule has 1 aromatic rings. The zero-order chi connectivity index (χ0) is 6.97. The van der Waals surface area contributed by atoms with Gasteiger partial charge in [0.05, 0.1) is 11.9 Å². The Balaban J connectivity index is 0.000000605. The highest BCUT2D eigenvalue weighted by Gasteiger charge is 2.10. The van der Waals surface area contributed by atoms with Crippen LogP contribution in [0.15, 0.2) is 6.20 Å². The quantitative estimate of drug-likeness (QED) is 0.676. The zero-order valence-corrected chi connectivity index (χ0v) is 8.12. The first-order valence-corrected chi connectivity index (χ1v) is 3.43. The van der Waals surface area contributed by atoms with E-state index in [4.69, 9.17) is 5.73 Å². The largest absolute Gasteiger partial charge is 0.394 e. The maximum atomic E-state index is 5.62. The van der Waals surface area contributed by atoms with Crippen molar-refractivity contribution in [3.05, 3.63) is 6.20 Å². The van der Waals surface area contributed by atoms with Gasteiger partial charge in [0.2, 0.25) is 0 Å². The molecule has 0 aromatic carbocycles. The first kappa shape index (κ1) is 11.4.